The van der Waals surface area contributed by atoms with E-state index < -0.39 is 7.82 Å². The highest BCUT2D eigenvalue weighted by molar-refractivity contribution is 7.45. The molecule has 7 heteroatoms. The quantitative estimate of drug-likeness (QED) is 0.359. The molecule has 106 valence electrons. The number of hydrogen-bond acceptors (Lipinski definition) is 3. The van der Waals surface area contributed by atoms with Crippen molar-refractivity contribution < 1.29 is 19.2 Å². The lowest BCUT2D eigenvalue weighted by Gasteiger charge is -1.82. The van der Waals surface area contributed by atoms with Crippen LogP contribution in [0.5, 0.6) is 0 Å². The molecule has 0 unspecified atom stereocenters. The van der Waals surface area contributed by atoms with Gasteiger partial charge in [-0.25, -0.2) is 4.57 Å². The fraction of sp³-hybridized carbons (Fsp3) is 0.200. The lowest BCUT2D eigenvalue weighted by Crippen LogP contribution is -2.11. The average Bonchev–Trinajstić information content (AvgIpc) is 2.36. The number of rotatable bonds is 1. The molecule has 0 spiro atoms. The smallest absolute Gasteiger partial charge is 0.329 e. The van der Waals surface area contributed by atoms with Crippen molar-refractivity contribution in [2.45, 2.75) is 0 Å². The Bertz CT molecular complexity index is 124. The van der Waals surface area contributed by atoms with E-state index in [4.69, 9.17) is 30.7 Å². The summed E-state index contributed by atoms with van der Waals surface area (Å²) < 4.78 is 8.88. The minimum absolute atomic E-state index is 0.597. The number of nitrogens with two attached hydrogens (primary N) is 2. The molecule has 0 fully saturated rings. The van der Waals surface area contributed by atoms with Crippen LogP contribution in [0.4, 0.5) is 0 Å². The second-order valence-corrected chi connectivity index (χ2v) is 2.12. The molecule has 7 N–H and O–H groups in total. The molecule has 0 saturated heterocycles. The molecule has 0 aromatic heterocycles. The molecule has 0 aliphatic heterocycles. The molecule has 0 heterocycles. The second-order valence-electron chi connectivity index (χ2n) is 1.09. The van der Waals surface area contributed by atoms with Gasteiger partial charge < -0.3 is 26.1 Å². The summed E-state index contributed by atoms with van der Waals surface area (Å²) >= 11 is 0. The SMILES string of the molecule is C=C.C=C.C=C.C=C.NCCN.O=P(O)(O)O. The first-order chi connectivity index (χ1) is 7.91. The molecular weight excluding hydrogens is 243 g/mol. The van der Waals surface area contributed by atoms with Gasteiger partial charge >= 0.3 is 7.82 Å². The third kappa shape index (κ3) is 25300000. The van der Waals surface area contributed by atoms with E-state index in [2.05, 4.69) is 52.6 Å². The highest BCUT2D eigenvalue weighted by Gasteiger charge is 2.00. The van der Waals surface area contributed by atoms with Gasteiger partial charge in [-0.15, -0.1) is 52.6 Å². The summed E-state index contributed by atoms with van der Waals surface area (Å²) in [5.74, 6) is 0. The number of phosphoric acid groups is 1. The fourth-order valence-electron chi connectivity index (χ4n) is 0. The standard InChI is InChI=1S/C2H8N2.4C2H4.H3O4P/c3-1-2-4;4*1-2;1-5(2,3)4/h1-4H2;4*1-2H2;(H3,1,2,3,4). The van der Waals surface area contributed by atoms with Gasteiger partial charge in [-0.05, 0) is 0 Å². The Morgan fingerprint density at radius 2 is 0.765 bits per heavy atom. The highest BCUT2D eigenvalue weighted by Crippen LogP contribution is 2.25. The maximum atomic E-state index is 8.88. The van der Waals surface area contributed by atoms with Crippen LogP contribution in [0.15, 0.2) is 52.6 Å². The zero-order valence-corrected chi connectivity index (χ0v) is 11.3. The van der Waals surface area contributed by atoms with Gasteiger partial charge in [-0.3, -0.25) is 0 Å². The molecule has 0 aliphatic carbocycles. The largest absolute Gasteiger partial charge is 0.466 e. The molecule has 6 nitrogen and oxygen atoms in total. The summed E-state index contributed by atoms with van der Waals surface area (Å²) in [6, 6.07) is 0. The van der Waals surface area contributed by atoms with E-state index in [1.807, 2.05) is 0 Å². The van der Waals surface area contributed by atoms with Crippen molar-refractivity contribution in [2.75, 3.05) is 13.1 Å². The molecule has 17 heavy (non-hydrogen) atoms. The van der Waals surface area contributed by atoms with Crippen LogP contribution in [0.1, 0.15) is 0 Å². The van der Waals surface area contributed by atoms with Crippen LogP contribution in [-0.4, -0.2) is 27.8 Å². The van der Waals surface area contributed by atoms with Gasteiger partial charge in [0, 0.05) is 13.1 Å². The minimum atomic E-state index is -4.64. The van der Waals surface area contributed by atoms with E-state index in [1.54, 1.807) is 0 Å². The van der Waals surface area contributed by atoms with E-state index in [1.165, 1.54) is 0 Å². The molecule has 0 aromatic rings. The maximum Gasteiger partial charge on any atom is 0.466 e. The van der Waals surface area contributed by atoms with Crippen molar-refractivity contribution >= 4 is 7.82 Å². The minimum Gasteiger partial charge on any atom is -0.329 e. The number of hydrogen-bond donors (Lipinski definition) is 5. The third-order valence-electron chi connectivity index (χ3n) is 0.167. The Kier molecular flexibility index (Phi) is 127. The molecule has 0 saturated carbocycles. The van der Waals surface area contributed by atoms with E-state index >= 15 is 0 Å². The van der Waals surface area contributed by atoms with Crippen LogP contribution in [0, 0.1) is 0 Å². The Morgan fingerprint density at radius 1 is 0.706 bits per heavy atom. The van der Waals surface area contributed by atoms with Gasteiger partial charge in [0.2, 0.25) is 0 Å². The first-order valence-electron chi connectivity index (χ1n) is 4.10. The van der Waals surface area contributed by atoms with Crippen LogP contribution in [0.2, 0.25) is 0 Å². The zero-order chi connectivity index (χ0) is 15.9. The molecule has 0 atom stereocenters. The van der Waals surface area contributed by atoms with Gasteiger partial charge in [0.1, 0.15) is 0 Å². The average molecular weight is 270 g/mol. The Labute approximate surface area is 105 Å². The highest BCUT2D eigenvalue weighted by atomic mass is 31.2. The lowest BCUT2D eigenvalue weighted by atomic mass is 10.7. The summed E-state index contributed by atoms with van der Waals surface area (Å²) in [6.07, 6.45) is 0. The third-order valence-corrected chi connectivity index (χ3v) is 0.167. The lowest BCUT2D eigenvalue weighted by molar-refractivity contribution is 0.275. The Hall–Kier alpha value is -1.01. The van der Waals surface area contributed by atoms with E-state index in [0.717, 1.165) is 0 Å². The summed E-state index contributed by atoms with van der Waals surface area (Å²) in [4.78, 5) is 21.6. The molecule has 0 rings (SSSR count). The molecule has 0 bridgehead atoms. The van der Waals surface area contributed by atoms with Gasteiger partial charge in [0.05, 0.1) is 0 Å². The van der Waals surface area contributed by atoms with Gasteiger partial charge in [0.15, 0.2) is 0 Å². The van der Waals surface area contributed by atoms with Gasteiger partial charge in [-0.1, -0.05) is 0 Å². The zero-order valence-electron chi connectivity index (χ0n) is 10.4. The van der Waals surface area contributed by atoms with E-state index in [0.29, 0.717) is 13.1 Å². The normalized spacial score (nSPS) is 6.18. The molecule has 0 aliphatic rings. The van der Waals surface area contributed by atoms with Crippen molar-refractivity contribution in [3.8, 4) is 0 Å². The summed E-state index contributed by atoms with van der Waals surface area (Å²) in [6.45, 7) is 25.2. The van der Waals surface area contributed by atoms with Crippen LogP contribution in [0.3, 0.4) is 0 Å². The molecule has 0 radical (unpaired) electrons. The van der Waals surface area contributed by atoms with E-state index in [-0.39, 0.29) is 0 Å². The first-order valence-corrected chi connectivity index (χ1v) is 5.66. The Morgan fingerprint density at radius 3 is 0.765 bits per heavy atom. The van der Waals surface area contributed by atoms with Crippen molar-refractivity contribution in [2.24, 2.45) is 11.5 Å². The van der Waals surface area contributed by atoms with Crippen LogP contribution in [0.25, 0.3) is 0 Å². The van der Waals surface area contributed by atoms with Crippen LogP contribution in [-0.2, 0) is 4.57 Å². The topological polar surface area (TPSA) is 130 Å². The molecule has 0 amide bonds. The van der Waals surface area contributed by atoms with Crippen molar-refractivity contribution in [3.63, 3.8) is 0 Å². The summed E-state index contributed by atoms with van der Waals surface area (Å²) in [5.41, 5.74) is 9.81. The van der Waals surface area contributed by atoms with Gasteiger partial charge in [0.25, 0.3) is 0 Å². The van der Waals surface area contributed by atoms with Crippen molar-refractivity contribution in [1.29, 1.82) is 0 Å². The van der Waals surface area contributed by atoms with Crippen molar-refractivity contribution in [1.82, 2.24) is 0 Å². The predicted molar refractivity (Wildman–Crippen MR) is 77.4 cm³/mol. The monoisotopic (exact) mass is 270 g/mol. The van der Waals surface area contributed by atoms with Crippen LogP contribution >= 0.6 is 7.82 Å². The Balaban J connectivity index is -0.0000000228. The molecule has 0 aromatic carbocycles. The van der Waals surface area contributed by atoms with E-state index in [9.17, 15) is 0 Å². The first kappa shape index (κ1) is 36.0. The summed E-state index contributed by atoms with van der Waals surface area (Å²) in [5, 5.41) is 0. The second kappa shape index (κ2) is 60.0. The van der Waals surface area contributed by atoms with Crippen molar-refractivity contribution in [3.05, 3.63) is 52.6 Å². The van der Waals surface area contributed by atoms with Crippen LogP contribution < -0.4 is 11.5 Å². The molecular formula is C10H27N2O4P. The predicted octanol–water partition coefficient (Wildman–Crippen LogP) is 1.18. The van der Waals surface area contributed by atoms with Gasteiger partial charge in [-0.2, -0.15) is 0 Å². The summed E-state index contributed by atoms with van der Waals surface area (Å²) in [7, 11) is -4.64. The maximum absolute atomic E-state index is 8.88. The fourth-order valence-corrected chi connectivity index (χ4v) is 0.